The summed E-state index contributed by atoms with van der Waals surface area (Å²) in [5.41, 5.74) is 1.04. The Labute approximate surface area is 226 Å². The Morgan fingerprint density at radius 2 is 1.56 bits per heavy atom. The summed E-state index contributed by atoms with van der Waals surface area (Å²) in [5, 5.41) is 1.37. The minimum absolute atomic E-state index is 0.0693. The molecule has 0 saturated heterocycles. The Hall–Kier alpha value is -4.40. The molecule has 0 aliphatic carbocycles. The molecule has 1 aliphatic rings. The van der Waals surface area contributed by atoms with Gasteiger partial charge in [0.15, 0.2) is 0 Å². The van der Waals surface area contributed by atoms with E-state index in [4.69, 9.17) is 18.9 Å². The van der Waals surface area contributed by atoms with E-state index in [1.807, 2.05) is 18.2 Å². The predicted molar refractivity (Wildman–Crippen MR) is 143 cm³/mol. The number of ether oxygens (including phenoxy) is 4. The number of fused-ring (bicyclic) bond motifs is 3. The Kier molecular flexibility index (Phi) is 7.90. The van der Waals surface area contributed by atoms with Gasteiger partial charge in [0.05, 0.1) is 12.2 Å². The van der Waals surface area contributed by atoms with Gasteiger partial charge < -0.3 is 23.8 Å². The van der Waals surface area contributed by atoms with Crippen LogP contribution in [0.4, 0.5) is 10.5 Å². The minimum atomic E-state index is -1.24. The number of carbonyl (C=O) groups excluding carboxylic acids is 4. The van der Waals surface area contributed by atoms with Gasteiger partial charge in [-0.15, -0.1) is 0 Å². The van der Waals surface area contributed by atoms with Crippen molar-refractivity contribution in [2.45, 2.75) is 58.8 Å². The molecular weight excluding hydrogens is 502 g/mol. The lowest BCUT2D eigenvalue weighted by molar-refractivity contribution is -0.171. The zero-order valence-electron chi connectivity index (χ0n) is 22.6. The maximum absolute atomic E-state index is 13.2. The first-order chi connectivity index (χ1) is 18.4. The van der Waals surface area contributed by atoms with Gasteiger partial charge in [-0.1, -0.05) is 54.6 Å². The summed E-state index contributed by atoms with van der Waals surface area (Å²) in [4.78, 5) is 51.6. The van der Waals surface area contributed by atoms with Crippen LogP contribution in [0.25, 0.3) is 10.8 Å². The fraction of sp³-hybridized carbons (Fsp3) is 0.333. The number of hydrogen-bond donors (Lipinski definition) is 0. The van der Waals surface area contributed by atoms with Crippen molar-refractivity contribution >= 4 is 40.5 Å². The lowest BCUT2D eigenvalue weighted by Crippen LogP contribution is -2.44. The molecule has 204 valence electrons. The number of rotatable bonds is 5. The van der Waals surface area contributed by atoms with Gasteiger partial charge in [0.2, 0.25) is 12.0 Å². The molecule has 0 bridgehead atoms. The van der Waals surface area contributed by atoms with Gasteiger partial charge in [-0.05, 0) is 31.7 Å². The van der Waals surface area contributed by atoms with E-state index in [1.165, 1.54) is 18.7 Å². The number of hydrogen-bond acceptors (Lipinski definition) is 8. The summed E-state index contributed by atoms with van der Waals surface area (Å²) in [5.74, 6) is -1.39. The molecule has 4 rings (SSSR count). The molecular formula is C30H31NO8. The molecule has 1 unspecified atom stereocenters. The molecule has 3 aromatic carbocycles. The molecule has 0 N–H and O–H groups in total. The van der Waals surface area contributed by atoms with Crippen molar-refractivity contribution in [3.8, 4) is 5.75 Å². The Bertz CT molecular complexity index is 1410. The maximum Gasteiger partial charge on any atom is 0.514 e. The lowest BCUT2D eigenvalue weighted by Gasteiger charge is -2.35. The maximum atomic E-state index is 13.2. The highest BCUT2D eigenvalue weighted by molar-refractivity contribution is 6.02. The fourth-order valence-corrected chi connectivity index (χ4v) is 4.53. The van der Waals surface area contributed by atoms with Crippen molar-refractivity contribution in [2.75, 3.05) is 11.4 Å². The van der Waals surface area contributed by atoms with E-state index in [-0.39, 0.29) is 18.2 Å². The van der Waals surface area contributed by atoms with E-state index in [9.17, 15) is 19.2 Å². The first-order valence-electron chi connectivity index (χ1n) is 12.6. The fourth-order valence-electron chi connectivity index (χ4n) is 4.53. The normalized spacial score (nSPS) is 15.6. The second-order valence-electron chi connectivity index (χ2n) is 10.3. The van der Waals surface area contributed by atoms with Crippen molar-refractivity contribution in [3.05, 3.63) is 71.8 Å². The minimum Gasteiger partial charge on any atom is -0.457 e. The highest BCUT2D eigenvalue weighted by Crippen LogP contribution is 2.40. The van der Waals surface area contributed by atoms with Crippen LogP contribution in [-0.2, 0) is 35.0 Å². The molecule has 0 aromatic heterocycles. The molecule has 0 spiro atoms. The summed E-state index contributed by atoms with van der Waals surface area (Å²) < 4.78 is 22.0. The van der Waals surface area contributed by atoms with Crippen LogP contribution in [0.1, 0.15) is 51.8 Å². The van der Waals surface area contributed by atoms with Gasteiger partial charge in [0.25, 0.3) is 0 Å². The third-order valence-corrected chi connectivity index (χ3v) is 6.05. The van der Waals surface area contributed by atoms with E-state index < -0.39 is 35.9 Å². The predicted octanol–water partition coefficient (Wildman–Crippen LogP) is 5.28. The van der Waals surface area contributed by atoms with E-state index in [2.05, 4.69) is 0 Å². The summed E-state index contributed by atoms with van der Waals surface area (Å²) >= 11 is 0. The van der Waals surface area contributed by atoms with Crippen molar-refractivity contribution in [1.82, 2.24) is 0 Å². The van der Waals surface area contributed by atoms with Crippen LogP contribution in [0, 0.1) is 0 Å². The van der Waals surface area contributed by atoms with Crippen LogP contribution < -0.4 is 9.64 Å². The monoisotopic (exact) mass is 533 g/mol. The number of benzene rings is 3. The van der Waals surface area contributed by atoms with E-state index in [0.717, 1.165) is 10.9 Å². The van der Waals surface area contributed by atoms with Gasteiger partial charge in [0.1, 0.15) is 17.5 Å². The Morgan fingerprint density at radius 3 is 2.18 bits per heavy atom. The molecule has 39 heavy (non-hydrogen) atoms. The second kappa shape index (κ2) is 11.1. The quantitative estimate of drug-likeness (QED) is 0.248. The molecule has 1 heterocycles. The highest BCUT2D eigenvalue weighted by Gasteiger charge is 2.35. The van der Waals surface area contributed by atoms with Crippen molar-refractivity contribution in [3.63, 3.8) is 0 Å². The second-order valence-corrected chi connectivity index (χ2v) is 10.3. The van der Waals surface area contributed by atoms with Crippen molar-refractivity contribution in [2.24, 2.45) is 0 Å². The van der Waals surface area contributed by atoms with Crippen LogP contribution >= 0.6 is 0 Å². The molecule has 9 nitrogen and oxygen atoms in total. The number of carbonyl (C=O) groups is 4. The smallest absolute Gasteiger partial charge is 0.457 e. The Balaban J connectivity index is 1.68. The van der Waals surface area contributed by atoms with E-state index in [0.29, 0.717) is 23.1 Å². The van der Waals surface area contributed by atoms with Crippen LogP contribution in [0.2, 0.25) is 0 Å². The number of nitrogens with zero attached hydrogens (tertiary/aromatic N) is 1. The summed E-state index contributed by atoms with van der Waals surface area (Å²) in [6.07, 6.45) is -2.52. The highest BCUT2D eigenvalue weighted by atomic mass is 16.7. The first-order valence-corrected chi connectivity index (χ1v) is 12.6. The molecule has 1 amide bonds. The summed E-state index contributed by atoms with van der Waals surface area (Å²) in [7, 11) is 0. The summed E-state index contributed by atoms with van der Waals surface area (Å²) in [6, 6.07) is 17.5. The average Bonchev–Trinajstić information content (AvgIpc) is 2.86. The van der Waals surface area contributed by atoms with Crippen LogP contribution in [-0.4, -0.2) is 42.3 Å². The zero-order chi connectivity index (χ0) is 28.3. The third kappa shape index (κ3) is 6.54. The van der Waals surface area contributed by atoms with Gasteiger partial charge in [0, 0.05) is 37.3 Å². The van der Waals surface area contributed by atoms with E-state index in [1.54, 1.807) is 63.2 Å². The first kappa shape index (κ1) is 27.6. The SMILES string of the molecule is CC(=O)OC(C(=O)O[C@H]1Cc2c(cc(OC(=O)OC(C)(C)C)c3ccccc23)N(C(C)=O)C1)c1ccccc1. The average molecular weight is 534 g/mol. The summed E-state index contributed by atoms with van der Waals surface area (Å²) in [6.45, 7) is 7.91. The number of esters is 2. The Morgan fingerprint density at radius 1 is 0.923 bits per heavy atom. The lowest BCUT2D eigenvalue weighted by atomic mass is 9.93. The number of amides is 1. The topological polar surface area (TPSA) is 108 Å². The van der Waals surface area contributed by atoms with Gasteiger partial charge >= 0.3 is 18.1 Å². The van der Waals surface area contributed by atoms with Gasteiger partial charge in [-0.3, -0.25) is 9.59 Å². The standard InChI is InChI=1S/C30H31NO8/c1-18(32)31-17-21(37-28(34)27(36-19(2)33)20-11-7-6-8-12-20)15-24-22-13-9-10-14-23(22)26(16-25(24)31)38-29(35)39-30(3,4)5/h6-14,16,21,27H,15,17H2,1-5H3/t21-,27?/m0/s1. The van der Waals surface area contributed by atoms with Gasteiger partial charge in [-0.25, -0.2) is 9.59 Å². The molecule has 0 fully saturated rings. The third-order valence-electron chi connectivity index (χ3n) is 6.05. The number of anilines is 1. The van der Waals surface area contributed by atoms with Crippen molar-refractivity contribution < 1.29 is 38.1 Å². The van der Waals surface area contributed by atoms with Gasteiger partial charge in [-0.2, -0.15) is 0 Å². The molecule has 0 saturated carbocycles. The van der Waals surface area contributed by atoms with Crippen LogP contribution in [0.3, 0.4) is 0 Å². The molecule has 2 atom stereocenters. The van der Waals surface area contributed by atoms with Crippen LogP contribution in [0.5, 0.6) is 5.75 Å². The molecule has 3 aromatic rings. The zero-order valence-corrected chi connectivity index (χ0v) is 22.6. The van der Waals surface area contributed by atoms with Crippen LogP contribution in [0.15, 0.2) is 60.7 Å². The van der Waals surface area contributed by atoms with E-state index >= 15 is 0 Å². The largest absolute Gasteiger partial charge is 0.514 e. The molecule has 1 aliphatic heterocycles. The molecule has 9 heteroatoms. The molecule has 0 radical (unpaired) electrons. The van der Waals surface area contributed by atoms with Crippen molar-refractivity contribution in [1.29, 1.82) is 0 Å².